The number of carbonyl (C=O) groups excluding carboxylic acids is 2. The van der Waals surface area contributed by atoms with Crippen LogP contribution in [-0.4, -0.2) is 24.5 Å². The number of esters is 1. The molecule has 0 fully saturated rings. The molecular formula is C27H44BrNO3. The highest BCUT2D eigenvalue weighted by Gasteiger charge is 2.24. The molecule has 1 amide bonds. The number of halogens is 1. The number of carbonyl (C=O) groups is 2. The number of nitrogens with one attached hydrogen (secondary N) is 1. The summed E-state index contributed by atoms with van der Waals surface area (Å²) in [5, 5.41) is 2.86. The van der Waals surface area contributed by atoms with Crippen molar-refractivity contribution in [2.45, 2.75) is 110 Å². The Bertz CT molecular complexity index is 648. The van der Waals surface area contributed by atoms with Gasteiger partial charge in [0.1, 0.15) is 6.04 Å². The number of ether oxygens (including phenoxy) is 1. The van der Waals surface area contributed by atoms with Gasteiger partial charge in [0.05, 0.1) is 12.2 Å². The molecule has 182 valence electrons. The normalized spacial score (nSPS) is 12.0. The molecule has 0 aliphatic carbocycles. The topological polar surface area (TPSA) is 55.4 Å². The van der Waals surface area contributed by atoms with Gasteiger partial charge >= 0.3 is 5.97 Å². The van der Waals surface area contributed by atoms with Crippen LogP contribution in [0.5, 0.6) is 0 Å². The average Bonchev–Trinajstić information content (AvgIpc) is 2.76. The van der Waals surface area contributed by atoms with Crippen LogP contribution in [0.1, 0.15) is 115 Å². The van der Waals surface area contributed by atoms with Crippen LogP contribution in [-0.2, 0) is 9.53 Å². The molecule has 0 aliphatic rings. The summed E-state index contributed by atoms with van der Waals surface area (Å²) in [6, 6.07) is 6.60. The maximum absolute atomic E-state index is 12.6. The van der Waals surface area contributed by atoms with E-state index in [1.807, 2.05) is 32.0 Å². The van der Waals surface area contributed by atoms with Crippen molar-refractivity contribution >= 4 is 27.8 Å². The Labute approximate surface area is 204 Å². The summed E-state index contributed by atoms with van der Waals surface area (Å²) in [4.78, 5) is 25.2. The number of benzene rings is 1. The van der Waals surface area contributed by atoms with Crippen LogP contribution in [0.15, 0.2) is 28.7 Å². The van der Waals surface area contributed by atoms with E-state index < -0.39 is 6.04 Å². The average molecular weight is 511 g/mol. The van der Waals surface area contributed by atoms with E-state index in [4.69, 9.17) is 4.74 Å². The molecule has 1 atom stereocenters. The van der Waals surface area contributed by atoms with Crippen molar-refractivity contribution in [3.05, 3.63) is 34.3 Å². The zero-order chi connectivity index (χ0) is 23.6. The molecule has 0 aromatic heterocycles. The molecule has 0 saturated heterocycles. The third kappa shape index (κ3) is 13.2. The Morgan fingerprint density at radius 1 is 0.875 bits per heavy atom. The smallest absolute Gasteiger partial charge is 0.328 e. The Kier molecular flexibility index (Phi) is 16.2. The Morgan fingerprint density at radius 2 is 1.41 bits per heavy atom. The van der Waals surface area contributed by atoms with Crippen molar-refractivity contribution in [2.75, 3.05) is 6.61 Å². The highest BCUT2D eigenvalue weighted by atomic mass is 79.9. The van der Waals surface area contributed by atoms with Crippen molar-refractivity contribution in [2.24, 2.45) is 5.92 Å². The van der Waals surface area contributed by atoms with Gasteiger partial charge in [-0.05, 0) is 46.8 Å². The third-order valence-electron chi connectivity index (χ3n) is 5.66. The van der Waals surface area contributed by atoms with E-state index in [9.17, 15) is 9.59 Å². The van der Waals surface area contributed by atoms with Gasteiger partial charge < -0.3 is 10.1 Å². The maximum Gasteiger partial charge on any atom is 0.328 e. The maximum atomic E-state index is 12.6. The summed E-state index contributed by atoms with van der Waals surface area (Å²) in [6.45, 7) is 6.76. The molecular weight excluding hydrogens is 466 g/mol. The molecule has 1 aromatic carbocycles. The monoisotopic (exact) mass is 509 g/mol. The summed E-state index contributed by atoms with van der Waals surface area (Å²) in [5.74, 6) is -0.314. The standard InChI is InChI=1S/C27H44BrNO3/c1-4-5-6-7-8-9-10-11-12-13-14-17-20-32-27(31)25(21-22(2)3)29-26(30)23-18-15-16-19-24(23)28/h15-16,18-19,22,25H,4-14,17,20-21H2,1-3H3,(H,29,30). The molecule has 5 heteroatoms. The Hall–Kier alpha value is -1.36. The molecule has 0 spiro atoms. The van der Waals surface area contributed by atoms with Gasteiger partial charge in [-0.1, -0.05) is 104 Å². The Morgan fingerprint density at radius 3 is 1.94 bits per heavy atom. The molecule has 1 aromatic rings. The lowest BCUT2D eigenvalue weighted by molar-refractivity contribution is -0.146. The van der Waals surface area contributed by atoms with E-state index in [0.717, 1.165) is 12.8 Å². The van der Waals surface area contributed by atoms with Crippen molar-refractivity contribution in [3.63, 3.8) is 0 Å². The van der Waals surface area contributed by atoms with Gasteiger partial charge in [0, 0.05) is 4.47 Å². The zero-order valence-corrected chi connectivity index (χ0v) is 22.1. The van der Waals surface area contributed by atoms with Gasteiger partial charge in [0.15, 0.2) is 0 Å². The first kappa shape index (κ1) is 28.7. The van der Waals surface area contributed by atoms with Crippen LogP contribution >= 0.6 is 15.9 Å². The van der Waals surface area contributed by atoms with Crippen LogP contribution in [0.3, 0.4) is 0 Å². The third-order valence-corrected chi connectivity index (χ3v) is 6.35. The van der Waals surface area contributed by atoms with Gasteiger partial charge in [-0.3, -0.25) is 4.79 Å². The second-order valence-electron chi connectivity index (χ2n) is 9.19. The van der Waals surface area contributed by atoms with Crippen LogP contribution < -0.4 is 5.32 Å². The van der Waals surface area contributed by atoms with Crippen LogP contribution in [0, 0.1) is 5.92 Å². The minimum absolute atomic E-state index is 0.259. The molecule has 0 saturated carbocycles. The fourth-order valence-corrected chi connectivity index (χ4v) is 4.25. The molecule has 0 radical (unpaired) electrons. The number of rotatable bonds is 18. The predicted octanol–water partition coefficient (Wildman–Crippen LogP) is 7.84. The summed E-state index contributed by atoms with van der Waals surface area (Å²) >= 11 is 3.40. The lowest BCUT2D eigenvalue weighted by Crippen LogP contribution is -2.43. The fourth-order valence-electron chi connectivity index (χ4n) is 3.78. The molecule has 0 heterocycles. The number of hydrogen-bond donors (Lipinski definition) is 1. The van der Waals surface area contributed by atoms with Crippen LogP contribution in [0.25, 0.3) is 0 Å². The van der Waals surface area contributed by atoms with Gasteiger partial charge in [-0.15, -0.1) is 0 Å². The van der Waals surface area contributed by atoms with Crippen molar-refractivity contribution in [3.8, 4) is 0 Å². The van der Waals surface area contributed by atoms with E-state index in [1.165, 1.54) is 64.2 Å². The minimum Gasteiger partial charge on any atom is -0.464 e. The quantitative estimate of drug-likeness (QED) is 0.162. The summed E-state index contributed by atoms with van der Waals surface area (Å²) in [6.07, 6.45) is 15.9. The zero-order valence-electron chi connectivity index (χ0n) is 20.5. The lowest BCUT2D eigenvalue weighted by atomic mass is 10.0. The van der Waals surface area contributed by atoms with Crippen LogP contribution in [0.2, 0.25) is 0 Å². The number of hydrogen-bond acceptors (Lipinski definition) is 3. The number of amides is 1. The van der Waals surface area contributed by atoms with Crippen molar-refractivity contribution in [1.82, 2.24) is 5.32 Å². The second kappa shape index (κ2) is 18.1. The highest BCUT2D eigenvalue weighted by Crippen LogP contribution is 2.17. The van der Waals surface area contributed by atoms with E-state index in [2.05, 4.69) is 28.2 Å². The fraction of sp³-hybridized carbons (Fsp3) is 0.704. The van der Waals surface area contributed by atoms with Gasteiger partial charge in [0.2, 0.25) is 0 Å². The van der Waals surface area contributed by atoms with E-state index in [-0.39, 0.29) is 17.8 Å². The molecule has 1 rings (SSSR count). The first-order chi connectivity index (χ1) is 15.5. The van der Waals surface area contributed by atoms with Crippen molar-refractivity contribution in [1.29, 1.82) is 0 Å². The van der Waals surface area contributed by atoms with Gasteiger partial charge in [-0.2, -0.15) is 0 Å². The number of unbranched alkanes of at least 4 members (excludes halogenated alkanes) is 11. The first-order valence-corrected chi connectivity index (χ1v) is 13.5. The molecule has 32 heavy (non-hydrogen) atoms. The second-order valence-corrected chi connectivity index (χ2v) is 10.0. The largest absolute Gasteiger partial charge is 0.464 e. The van der Waals surface area contributed by atoms with Crippen LogP contribution in [0.4, 0.5) is 0 Å². The molecule has 0 bridgehead atoms. The predicted molar refractivity (Wildman–Crippen MR) is 137 cm³/mol. The SMILES string of the molecule is CCCCCCCCCCCCCCOC(=O)C(CC(C)C)NC(=O)c1ccccc1Br. The molecule has 0 aliphatic heterocycles. The van der Waals surface area contributed by atoms with Gasteiger partial charge in [-0.25, -0.2) is 4.79 Å². The molecule has 1 unspecified atom stereocenters. The van der Waals surface area contributed by atoms with Gasteiger partial charge in [0.25, 0.3) is 5.91 Å². The van der Waals surface area contributed by atoms with E-state index >= 15 is 0 Å². The van der Waals surface area contributed by atoms with E-state index in [0.29, 0.717) is 23.1 Å². The minimum atomic E-state index is -0.619. The summed E-state index contributed by atoms with van der Waals surface area (Å²) in [7, 11) is 0. The Balaban J connectivity index is 2.21. The lowest BCUT2D eigenvalue weighted by Gasteiger charge is -2.20. The molecule has 1 N–H and O–H groups in total. The van der Waals surface area contributed by atoms with E-state index in [1.54, 1.807) is 6.07 Å². The summed E-state index contributed by atoms with van der Waals surface area (Å²) in [5.41, 5.74) is 0.523. The summed E-state index contributed by atoms with van der Waals surface area (Å²) < 4.78 is 6.21. The molecule has 4 nitrogen and oxygen atoms in total. The van der Waals surface area contributed by atoms with Crippen molar-refractivity contribution < 1.29 is 14.3 Å². The highest BCUT2D eigenvalue weighted by molar-refractivity contribution is 9.10. The first-order valence-electron chi connectivity index (χ1n) is 12.7.